The smallest absolute Gasteiger partial charge is 0.0959 e. The van der Waals surface area contributed by atoms with Gasteiger partial charge in [0.2, 0.25) is 0 Å². The van der Waals surface area contributed by atoms with Crippen molar-refractivity contribution in [3.63, 3.8) is 0 Å². The molecule has 2 N–H and O–H groups in total. The summed E-state index contributed by atoms with van der Waals surface area (Å²) >= 11 is 0. The maximum atomic E-state index is 12.3. The van der Waals surface area contributed by atoms with Crippen molar-refractivity contribution >= 4 is 10.0 Å². The van der Waals surface area contributed by atoms with Gasteiger partial charge in [0.1, 0.15) is 0 Å². The number of ether oxygens (including phenoxy) is 1. The van der Waals surface area contributed by atoms with Crippen LogP contribution in [0.3, 0.4) is 0 Å². The van der Waals surface area contributed by atoms with Crippen LogP contribution >= 0.6 is 10.0 Å². The second-order valence-corrected chi connectivity index (χ2v) is 15.3. The quantitative estimate of drug-likeness (QED) is 0.667. The van der Waals surface area contributed by atoms with E-state index in [9.17, 15) is 10.2 Å². The van der Waals surface area contributed by atoms with E-state index in [0.717, 1.165) is 56.5 Å². The number of rotatable bonds is 4. The average molecular weight is 409 g/mol. The molecule has 2 saturated carbocycles. The summed E-state index contributed by atoms with van der Waals surface area (Å²) in [6.45, 7) is 2.24. The SMILES string of the molecule is CC[C@]12CC(O)(CS(C)(C)C)C3C4=C(CCC3C1CC[C@@H]2O)CC(OC)=CC4. The summed E-state index contributed by atoms with van der Waals surface area (Å²) in [5, 5.41) is 23.4. The highest BCUT2D eigenvalue weighted by Gasteiger charge is 2.64. The molecule has 160 valence electrons. The summed E-state index contributed by atoms with van der Waals surface area (Å²) in [5.74, 6) is 3.34. The maximum Gasteiger partial charge on any atom is 0.0959 e. The molecule has 0 aromatic rings. The number of aliphatic hydroxyl groups excluding tert-OH is 1. The van der Waals surface area contributed by atoms with Crippen LogP contribution < -0.4 is 0 Å². The molecule has 4 heteroatoms. The second kappa shape index (κ2) is 7.06. The van der Waals surface area contributed by atoms with Crippen LogP contribution in [0.4, 0.5) is 0 Å². The van der Waals surface area contributed by atoms with Gasteiger partial charge in [0.15, 0.2) is 0 Å². The van der Waals surface area contributed by atoms with Gasteiger partial charge in [-0.25, -0.2) is 10.0 Å². The molecule has 0 radical (unpaired) electrons. The molecule has 6 atom stereocenters. The highest BCUT2D eigenvalue weighted by Crippen LogP contribution is 2.66. The normalized spacial score (nSPS) is 43.8. The standard InChI is InChI=1S/C24H40O3S/c1-6-23-14-24(26,15-28(3,4)5)22-18-10-8-17(27-2)13-16(18)7-9-19(22)20(23)11-12-21(23)25/h8,19-22,25-26H,6-7,9-15H2,1-5H3/t19?,20?,21-,22?,23-,24?/m0/s1. The minimum Gasteiger partial charge on any atom is -0.501 e. The van der Waals surface area contributed by atoms with Crippen LogP contribution in [0.25, 0.3) is 0 Å². The number of hydrogen-bond donors (Lipinski definition) is 2. The molecule has 4 rings (SSSR count). The molecule has 2 fully saturated rings. The van der Waals surface area contributed by atoms with Crippen molar-refractivity contribution in [2.75, 3.05) is 31.6 Å². The van der Waals surface area contributed by atoms with Gasteiger partial charge in [-0.1, -0.05) is 18.1 Å². The average Bonchev–Trinajstić information content (AvgIpc) is 2.95. The van der Waals surface area contributed by atoms with Crippen molar-refractivity contribution in [1.82, 2.24) is 0 Å². The Hall–Kier alpha value is -0.450. The Balaban J connectivity index is 1.79. The molecule has 0 saturated heterocycles. The summed E-state index contributed by atoms with van der Waals surface area (Å²) in [7, 11) is 0.915. The van der Waals surface area contributed by atoms with E-state index in [1.807, 2.05) is 0 Å². The van der Waals surface area contributed by atoms with Crippen LogP contribution in [-0.2, 0) is 4.74 Å². The topological polar surface area (TPSA) is 49.7 Å². The van der Waals surface area contributed by atoms with E-state index in [1.54, 1.807) is 7.11 Å². The van der Waals surface area contributed by atoms with E-state index in [1.165, 1.54) is 17.6 Å². The summed E-state index contributed by atoms with van der Waals surface area (Å²) < 4.78 is 5.56. The molecule has 4 aliphatic rings. The lowest BCUT2D eigenvalue weighted by atomic mass is 9.48. The molecule has 0 amide bonds. The van der Waals surface area contributed by atoms with Crippen LogP contribution in [0.5, 0.6) is 0 Å². The predicted molar refractivity (Wildman–Crippen MR) is 119 cm³/mol. The first-order valence-corrected chi connectivity index (χ1v) is 14.2. The van der Waals surface area contributed by atoms with Gasteiger partial charge < -0.3 is 14.9 Å². The summed E-state index contributed by atoms with van der Waals surface area (Å²) in [6.07, 6.45) is 17.0. The van der Waals surface area contributed by atoms with E-state index in [2.05, 4.69) is 31.8 Å². The predicted octanol–water partition coefficient (Wildman–Crippen LogP) is 4.63. The van der Waals surface area contributed by atoms with Gasteiger partial charge >= 0.3 is 0 Å². The molecule has 4 aliphatic carbocycles. The van der Waals surface area contributed by atoms with Crippen molar-refractivity contribution in [2.24, 2.45) is 23.2 Å². The molecular weight excluding hydrogens is 368 g/mol. The van der Waals surface area contributed by atoms with E-state index >= 15 is 0 Å². The Morgan fingerprint density at radius 3 is 2.61 bits per heavy atom. The highest BCUT2D eigenvalue weighted by atomic mass is 32.3. The van der Waals surface area contributed by atoms with Crippen LogP contribution in [0.2, 0.25) is 0 Å². The van der Waals surface area contributed by atoms with Gasteiger partial charge in [-0.15, -0.1) is 0 Å². The summed E-state index contributed by atoms with van der Waals surface area (Å²) in [5.41, 5.74) is 2.29. The third-order valence-corrected chi connectivity index (χ3v) is 9.83. The highest BCUT2D eigenvalue weighted by molar-refractivity contribution is 8.32. The number of fused-ring (bicyclic) bond motifs is 4. The van der Waals surface area contributed by atoms with Crippen molar-refractivity contribution < 1.29 is 14.9 Å². The Labute approximate surface area is 172 Å². The number of hydrogen-bond acceptors (Lipinski definition) is 3. The molecular formula is C24H40O3S. The van der Waals surface area contributed by atoms with E-state index in [-0.39, 0.29) is 17.4 Å². The Morgan fingerprint density at radius 1 is 1.21 bits per heavy atom. The van der Waals surface area contributed by atoms with Crippen molar-refractivity contribution in [3.05, 3.63) is 23.0 Å². The molecule has 3 nitrogen and oxygen atoms in total. The van der Waals surface area contributed by atoms with Gasteiger partial charge in [0.05, 0.1) is 24.6 Å². The molecule has 28 heavy (non-hydrogen) atoms. The lowest BCUT2D eigenvalue weighted by Crippen LogP contribution is -2.61. The fourth-order valence-corrected chi connectivity index (χ4v) is 9.46. The first kappa shape index (κ1) is 20.8. The minimum absolute atomic E-state index is 0.0825. The fraction of sp³-hybridized carbons (Fsp3) is 0.833. The first-order chi connectivity index (χ1) is 13.1. The Bertz CT molecular complexity index is 690. The monoisotopic (exact) mass is 408 g/mol. The van der Waals surface area contributed by atoms with Gasteiger partial charge in [0, 0.05) is 23.5 Å². The first-order valence-electron chi connectivity index (χ1n) is 11.1. The lowest BCUT2D eigenvalue weighted by Gasteiger charge is -2.60. The van der Waals surface area contributed by atoms with Gasteiger partial charge in [-0.3, -0.25) is 0 Å². The van der Waals surface area contributed by atoms with E-state index in [4.69, 9.17) is 4.74 Å². The van der Waals surface area contributed by atoms with Crippen LogP contribution in [0, 0.1) is 23.2 Å². The van der Waals surface area contributed by atoms with Crippen LogP contribution in [0.15, 0.2) is 23.0 Å². The third kappa shape index (κ3) is 3.18. The zero-order valence-electron chi connectivity index (χ0n) is 18.5. The molecule has 0 aromatic heterocycles. The van der Waals surface area contributed by atoms with Gasteiger partial charge in [0.25, 0.3) is 0 Å². The fourth-order valence-electron chi connectivity index (χ4n) is 7.68. The number of methoxy groups -OCH3 is 1. The largest absolute Gasteiger partial charge is 0.501 e. The number of allylic oxidation sites excluding steroid dienone is 2. The van der Waals surface area contributed by atoms with Gasteiger partial charge in [-0.2, -0.15) is 0 Å². The van der Waals surface area contributed by atoms with Crippen LogP contribution in [0.1, 0.15) is 58.3 Å². The van der Waals surface area contributed by atoms with Gasteiger partial charge in [-0.05, 0) is 81.6 Å². The third-order valence-electron chi connectivity index (χ3n) is 8.46. The number of aliphatic hydroxyl groups is 2. The Kier molecular flexibility index (Phi) is 5.25. The van der Waals surface area contributed by atoms with Crippen molar-refractivity contribution in [2.45, 2.75) is 70.0 Å². The summed E-state index contributed by atoms with van der Waals surface area (Å²) in [4.78, 5) is 0. The molecule has 0 aromatic carbocycles. The zero-order chi connectivity index (χ0) is 20.3. The minimum atomic E-state index is -0.862. The Morgan fingerprint density at radius 2 is 1.96 bits per heavy atom. The lowest BCUT2D eigenvalue weighted by molar-refractivity contribution is -0.150. The molecule has 0 bridgehead atoms. The maximum absolute atomic E-state index is 12.3. The van der Waals surface area contributed by atoms with E-state index < -0.39 is 15.6 Å². The summed E-state index contributed by atoms with van der Waals surface area (Å²) in [6, 6.07) is 0. The van der Waals surface area contributed by atoms with Crippen molar-refractivity contribution in [1.29, 1.82) is 0 Å². The molecule has 0 spiro atoms. The second-order valence-electron chi connectivity index (χ2n) is 10.9. The molecule has 0 heterocycles. The van der Waals surface area contributed by atoms with Crippen LogP contribution in [-0.4, -0.2) is 53.5 Å². The van der Waals surface area contributed by atoms with Crippen molar-refractivity contribution in [3.8, 4) is 0 Å². The van der Waals surface area contributed by atoms with E-state index in [0.29, 0.717) is 11.8 Å². The molecule has 4 unspecified atom stereocenters. The zero-order valence-corrected chi connectivity index (χ0v) is 19.3. The molecule has 0 aliphatic heterocycles.